The van der Waals surface area contributed by atoms with E-state index < -0.39 is 0 Å². The lowest BCUT2D eigenvalue weighted by Gasteiger charge is -2.19. The Morgan fingerprint density at radius 3 is 2.62 bits per heavy atom. The van der Waals surface area contributed by atoms with E-state index in [0.717, 1.165) is 43.1 Å². The van der Waals surface area contributed by atoms with Gasteiger partial charge in [-0.2, -0.15) is 0 Å². The summed E-state index contributed by atoms with van der Waals surface area (Å²) in [6.45, 7) is 3.80. The number of aryl methyl sites for hydroxylation is 1. The monoisotopic (exact) mass is 282 g/mol. The zero-order valence-electron chi connectivity index (χ0n) is 12.0. The van der Waals surface area contributed by atoms with Gasteiger partial charge in [-0.1, -0.05) is 0 Å². The van der Waals surface area contributed by atoms with Crippen molar-refractivity contribution in [2.75, 3.05) is 23.3 Å². The van der Waals surface area contributed by atoms with Gasteiger partial charge in [0.05, 0.1) is 16.9 Å². The molecular formula is C16H18N4O. The lowest BCUT2D eigenvalue weighted by molar-refractivity contribution is 0.102. The minimum Gasteiger partial charge on any atom is -0.356 e. The number of carbonyl (C=O) groups excluding carboxylic acids is 1. The first kappa shape index (κ1) is 13.5. The van der Waals surface area contributed by atoms with Gasteiger partial charge in [0, 0.05) is 25.5 Å². The van der Waals surface area contributed by atoms with Gasteiger partial charge in [0.15, 0.2) is 0 Å². The normalized spacial score (nSPS) is 14.2. The van der Waals surface area contributed by atoms with E-state index in [1.54, 1.807) is 18.5 Å². The summed E-state index contributed by atoms with van der Waals surface area (Å²) >= 11 is 0. The lowest BCUT2D eigenvalue weighted by Crippen LogP contribution is -2.24. The van der Waals surface area contributed by atoms with Crippen LogP contribution < -0.4 is 10.2 Å². The van der Waals surface area contributed by atoms with Crippen LogP contribution in [0.15, 0.2) is 36.7 Å². The Kier molecular flexibility index (Phi) is 3.81. The summed E-state index contributed by atoms with van der Waals surface area (Å²) in [6.07, 6.45) is 5.75. The van der Waals surface area contributed by atoms with Crippen molar-refractivity contribution in [3.8, 4) is 0 Å². The van der Waals surface area contributed by atoms with Crippen LogP contribution in [-0.4, -0.2) is 29.0 Å². The second-order valence-corrected chi connectivity index (χ2v) is 5.16. The summed E-state index contributed by atoms with van der Waals surface area (Å²) in [5, 5.41) is 2.92. The number of rotatable bonds is 3. The first-order valence-electron chi connectivity index (χ1n) is 7.18. The van der Waals surface area contributed by atoms with Crippen LogP contribution in [0.2, 0.25) is 0 Å². The first-order valence-corrected chi connectivity index (χ1v) is 7.18. The standard InChI is InChI=1S/C16H18N4O/c1-12-14(7-5-8-17-12)19-16(21)13-6-4-9-18-15(13)20-10-2-3-11-20/h4-9H,2-3,10-11H2,1H3,(H,19,21). The summed E-state index contributed by atoms with van der Waals surface area (Å²) in [6, 6.07) is 7.28. The molecule has 0 spiro atoms. The molecule has 5 heteroatoms. The molecular weight excluding hydrogens is 264 g/mol. The molecule has 0 aliphatic carbocycles. The minimum atomic E-state index is -0.138. The number of aromatic nitrogens is 2. The summed E-state index contributed by atoms with van der Waals surface area (Å²) in [5.74, 6) is 0.634. The second-order valence-electron chi connectivity index (χ2n) is 5.16. The van der Waals surface area contributed by atoms with E-state index in [2.05, 4.69) is 20.2 Å². The number of amides is 1. The van der Waals surface area contributed by atoms with Crippen LogP contribution in [0.25, 0.3) is 0 Å². The van der Waals surface area contributed by atoms with E-state index in [4.69, 9.17) is 0 Å². The van der Waals surface area contributed by atoms with Crippen molar-refractivity contribution >= 4 is 17.4 Å². The molecule has 1 fully saturated rings. The van der Waals surface area contributed by atoms with Crippen LogP contribution in [0, 0.1) is 6.92 Å². The van der Waals surface area contributed by atoms with Gasteiger partial charge in [-0.3, -0.25) is 9.78 Å². The van der Waals surface area contributed by atoms with Gasteiger partial charge in [0.2, 0.25) is 0 Å². The molecule has 108 valence electrons. The van der Waals surface area contributed by atoms with Crippen molar-refractivity contribution in [1.82, 2.24) is 9.97 Å². The van der Waals surface area contributed by atoms with Crippen molar-refractivity contribution in [1.29, 1.82) is 0 Å². The number of nitrogens with one attached hydrogen (secondary N) is 1. The van der Waals surface area contributed by atoms with Gasteiger partial charge in [0.25, 0.3) is 5.91 Å². The highest BCUT2D eigenvalue weighted by Crippen LogP contribution is 2.23. The van der Waals surface area contributed by atoms with Crippen LogP contribution in [-0.2, 0) is 0 Å². The van der Waals surface area contributed by atoms with E-state index in [-0.39, 0.29) is 5.91 Å². The maximum absolute atomic E-state index is 12.5. The molecule has 1 N–H and O–H groups in total. The Morgan fingerprint density at radius 1 is 1.14 bits per heavy atom. The fraction of sp³-hybridized carbons (Fsp3) is 0.312. The highest BCUT2D eigenvalue weighted by molar-refractivity contribution is 6.07. The molecule has 5 nitrogen and oxygen atoms in total. The summed E-state index contributed by atoms with van der Waals surface area (Å²) < 4.78 is 0. The van der Waals surface area contributed by atoms with E-state index in [1.165, 1.54) is 0 Å². The zero-order valence-corrected chi connectivity index (χ0v) is 12.0. The number of anilines is 2. The van der Waals surface area contributed by atoms with Gasteiger partial charge in [0.1, 0.15) is 5.82 Å². The number of pyridine rings is 2. The maximum atomic E-state index is 12.5. The predicted octanol–water partition coefficient (Wildman–Crippen LogP) is 2.64. The molecule has 1 saturated heterocycles. The largest absolute Gasteiger partial charge is 0.356 e. The number of hydrogen-bond donors (Lipinski definition) is 1. The Hall–Kier alpha value is -2.43. The van der Waals surface area contributed by atoms with Gasteiger partial charge < -0.3 is 10.2 Å². The van der Waals surface area contributed by atoms with E-state index in [9.17, 15) is 4.79 Å². The SMILES string of the molecule is Cc1ncccc1NC(=O)c1cccnc1N1CCCC1. The molecule has 2 aromatic heterocycles. The molecule has 1 amide bonds. The molecule has 0 aromatic carbocycles. The van der Waals surface area contributed by atoms with Crippen molar-refractivity contribution in [2.24, 2.45) is 0 Å². The second kappa shape index (κ2) is 5.91. The summed E-state index contributed by atoms with van der Waals surface area (Å²) in [5.41, 5.74) is 2.15. The first-order chi connectivity index (χ1) is 10.3. The Balaban J connectivity index is 1.86. The van der Waals surface area contributed by atoms with Crippen molar-refractivity contribution in [3.63, 3.8) is 0 Å². The van der Waals surface area contributed by atoms with E-state index in [0.29, 0.717) is 5.56 Å². The molecule has 2 aromatic rings. The molecule has 3 heterocycles. The van der Waals surface area contributed by atoms with E-state index in [1.807, 2.05) is 25.1 Å². The van der Waals surface area contributed by atoms with Crippen LogP contribution >= 0.6 is 0 Å². The highest BCUT2D eigenvalue weighted by atomic mass is 16.1. The zero-order chi connectivity index (χ0) is 14.7. The lowest BCUT2D eigenvalue weighted by atomic mass is 10.2. The van der Waals surface area contributed by atoms with Crippen molar-refractivity contribution in [3.05, 3.63) is 47.9 Å². The molecule has 0 radical (unpaired) electrons. The Bertz CT molecular complexity index is 650. The molecule has 0 atom stereocenters. The quantitative estimate of drug-likeness (QED) is 0.940. The molecule has 21 heavy (non-hydrogen) atoms. The average Bonchev–Trinajstić information content (AvgIpc) is 3.04. The summed E-state index contributed by atoms with van der Waals surface area (Å²) in [7, 11) is 0. The molecule has 1 aliphatic rings. The fourth-order valence-corrected chi connectivity index (χ4v) is 2.56. The van der Waals surface area contributed by atoms with Gasteiger partial charge >= 0.3 is 0 Å². The molecule has 0 saturated carbocycles. The minimum absolute atomic E-state index is 0.138. The third-order valence-corrected chi connectivity index (χ3v) is 3.69. The molecule has 3 rings (SSSR count). The van der Waals surface area contributed by atoms with Gasteiger partial charge in [-0.05, 0) is 44.0 Å². The topological polar surface area (TPSA) is 58.1 Å². The third-order valence-electron chi connectivity index (χ3n) is 3.69. The third kappa shape index (κ3) is 2.86. The highest BCUT2D eigenvalue weighted by Gasteiger charge is 2.20. The smallest absolute Gasteiger partial charge is 0.259 e. The van der Waals surface area contributed by atoms with E-state index >= 15 is 0 Å². The molecule has 0 bridgehead atoms. The Morgan fingerprint density at radius 2 is 1.86 bits per heavy atom. The Labute approximate surface area is 124 Å². The number of hydrogen-bond acceptors (Lipinski definition) is 4. The fourth-order valence-electron chi connectivity index (χ4n) is 2.56. The average molecular weight is 282 g/mol. The van der Waals surface area contributed by atoms with Crippen molar-refractivity contribution < 1.29 is 4.79 Å². The maximum Gasteiger partial charge on any atom is 0.259 e. The summed E-state index contributed by atoms with van der Waals surface area (Å²) in [4.78, 5) is 23.3. The van der Waals surface area contributed by atoms with Crippen LogP contribution in [0.3, 0.4) is 0 Å². The van der Waals surface area contributed by atoms with Crippen LogP contribution in [0.4, 0.5) is 11.5 Å². The van der Waals surface area contributed by atoms with Crippen LogP contribution in [0.5, 0.6) is 0 Å². The van der Waals surface area contributed by atoms with Crippen LogP contribution in [0.1, 0.15) is 28.9 Å². The predicted molar refractivity (Wildman–Crippen MR) is 82.6 cm³/mol. The van der Waals surface area contributed by atoms with Crippen molar-refractivity contribution in [2.45, 2.75) is 19.8 Å². The number of carbonyl (C=O) groups is 1. The molecule has 1 aliphatic heterocycles. The number of nitrogens with zero attached hydrogens (tertiary/aromatic N) is 3. The van der Waals surface area contributed by atoms with Gasteiger partial charge in [-0.15, -0.1) is 0 Å². The molecule has 0 unspecified atom stereocenters. The van der Waals surface area contributed by atoms with Gasteiger partial charge in [-0.25, -0.2) is 4.98 Å².